The molecule has 3 fully saturated rings. The minimum Gasteiger partial charge on any atom is -0.460 e. The van der Waals surface area contributed by atoms with Crippen LogP contribution < -0.4 is 0 Å². The molecule has 0 radical (unpaired) electrons. The third-order valence-corrected chi connectivity index (χ3v) is 21.2. The van der Waals surface area contributed by atoms with Gasteiger partial charge in [-0.05, 0) is 125 Å². The first-order chi connectivity index (χ1) is 33.7. The molecular weight excluding hydrogens is 935 g/mol. The second-order valence-electron chi connectivity index (χ2n) is 23.4. The fourth-order valence-electron chi connectivity index (χ4n) is 10.8. The lowest BCUT2D eigenvalue weighted by Gasteiger charge is -2.44. The number of esters is 1. The van der Waals surface area contributed by atoms with Crippen LogP contribution in [0.3, 0.4) is 0 Å². The zero-order valence-electron chi connectivity index (χ0n) is 46.6. The number of hydrogen-bond acceptors (Lipinski definition) is 13. The van der Waals surface area contributed by atoms with Crippen molar-refractivity contribution in [3.63, 3.8) is 0 Å². The third-order valence-electron chi connectivity index (χ3n) is 16.7. The summed E-state index contributed by atoms with van der Waals surface area (Å²) in [7, 11) is 2.61. The van der Waals surface area contributed by atoms with Crippen LogP contribution in [0, 0.1) is 35.5 Å². The van der Waals surface area contributed by atoms with E-state index in [1.165, 1.54) is 12.0 Å². The third kappa shape index (κ3) is 15.9. The van der Waals surface area contributed by atoms with E-state index < -0.39 is 86.1 Å². The largest absolute Gasteiger partial charge is 0.460 e. The van der Waals surface area contributed by atoms with Crippen LogP contribution in [0.4, 0.5) is 0 Å². The number of amides is 1. The van der Waals surface area contributed by atoms with Gasteiger partial charge < -0.3 is 43.2 Å². The number of piperidine rings is 1. The number of allylic oxidation sites excluding steroid dienone is 6. The van der Waals surface area contributed by atoms with Crippen LogP contribution in [0.5, 0.6) is 0 Å². The lowest BCUT2D eigenvalue weighted by molar-refractivity contribution is -0.265. The number of Topliss-reactive ketones (excluding diaryl/α,β-unsaturated/α-hetero) is 3. The molecule has 2 N–H and O–H groups in total. The predicted octanol–water partition coefficient (Wildman–Crippen LogP) is 9.21. The number of hydrogen-bond donors (Lipinski definition) is 2. The molecular formula is C57H93NO13Si. The Bertz CT molecular complexity index is 1970. The number of carbonyl (C=O) groups is 5. The van der Waals surface area contributed by atoms with Gasteiger partial charge in [0, 0.05) is 58.5 Å². The molecule has 0 aromatic carbocycles. The van der Waals surface area contributed by atoms with E-state index in [1.807, 2.05) is 58.1 Å². The number of carbonyl (C=O) groups excluding carboxylic acids is 5. The number of cyclic esters (lactones) is 1. The smallest absolute Gasteiger partial charge is 0.329 e. The van der Waals surface area contributed by atoms with Crippen molar-refractivity contribution in [1.29, 1.82) is 0 Å². The van der Waals surface area contributed by atoms with Crippen molar-refractivity contribution in [2.75, 3.05) is 27.9 Å². The van der Waals surface area contributed by atoms with Crippen LogP contribution in [0.15, 0.2) is 47.6 Å². The Morgan fingerprint density at radius 3 is 2.18 bits per heavy atom. The van der Waals surface area contributed by atoms with Crippen molar-refractivity contribution in [2.24, 2.45) is 35.5 Å². The highest BCUT2D eigenvalue weighted by molar-refractivity contribution is 6.74. The summed E-state index contributed by atoms with van der Waals surface area (Å²) in [6.07, 6.45) is 12.7. The van der Waals surface area contributed by atoms with Crippen molar-refractivity contribution >= 4 is 37.5 Å². The summed E-state index contributed by atoms with van der Waals surface area (Å²) in [5, 5.41) is 23.6. The highest BCUT2D eigenvalue weighted by Gasteiger charge is 2.53. The first-order valence-corrected chi connectivity index (χ1v) is 29.8. The molecule has 3 aliphatic heterocycles. The maximum atomic E-state index is 14.6. The molecule has 2 bridgehead atoms. The number of ether oxygens (including phenoxy) is 5. The van der Waals surface area contributed by atoms with E-state index in [2.05, 4.69) is 33.9 Å². The number of aliphatic hydroxyl groups excluding tert-OH is 1. The van der Waals surface area contributed by atoms with Gasteiger partial charge in [-0.2, -0.15) is 0 Å². The molecule has 15 heteroatoms. The quantitative estimate of drug-likeness (QED) is 0.102. The van der Waals surface area contributed by atoms with E-state index in [1.54, 1.807) is 41.1 Å². The molecule has 4 rings (SSSR count). The minimum atomic E-state index is -2.43. The molecule has 1 saturated carbocycles. The van der Waals surface area contributed by atoms with Gasteiger partial charge in [0.2, 0.25) is 5.79 Å². The van der Waals surface area contributed by atoms with E-state index >= 15 is 0 Å². The zero-order valence-corrected chi connectivity index (χ0v) is 47.6. The first-order valence-electron chi connectivity index (χ1n) is 26.9. The molecule has 4 aliphatic rings. The lowest BCUT2D eigenvalue weighted by atomic mass is 9.78. The van der Waals surface area contributed by atoms with E-state index in [0.717, 1.165) is 24.8 Å². The lowest BCUT2D eigenvalue weighted by Crippen LogP contribution is -2.61. The van der Waals surface area contributed by atoms with Crippen molar-refractivity contribution in [1.82, 2.24) is 4.90 Å². The Morgan fingerprint density at radius 1 is 0.847 bits per heavy atom. The van der Waals surface area contributed by atoms with Crippen molar-refractivity contribution < 1.29 is 62.3 Å². The fourth-order valence-corrected chi connectivity index (χ4v) is 12.2. The molecule has 15 atom stereocenters. The molecule has 3 heterocycles. The number of ketones is 3. The molecule has 0 aromatic heterocycles. The Morgan fingerprint density at radius 2 is 1.54 bits per heavy atom. The van der Waals surface area contributed by atoms with Gasteiger partial charge in [-0.15, -0.1) is 0 Å². The summed E-state index contributed by atoms with van der Waals surface area (Å²) < 4.78 is 37.0. The van der Waals surface area contributed by atoms with Gasteiger partial charge in [-0.1, -0.05) is 91.8 Å². The molecule has 1 aliphatic carbocycles. The van der Waals surface area contributed by atoms with Gasteiger partial charge in [-0.25, -0.2) is 4.79 Å². The van der Waals surface area contributed by atoms with Gasteiger partial charge in [0.05, 0.1) is 24.4 Å². The molecule has 72 heavy (non-hydrogen) atoms. The second kappa shape index (κ2) is 27.1. The monoisotopic (exact) mass is 1030 g/mol. The zero-order chi connectivity index (χ0) is 53.9. The fraction of sp³-hybridized carbons (Fsp3) is 0.772. The minimum absolute atomic E-state index is 0.0209. The number of methoxy groups -OCH3 is 3. The number of aliphatic hydroxyl groups is 2. The molecule has 0 spiro atoms. The maximum Gasteiger partial charge on any atom is 0.329 e. The van der Waals surface area contributed by atoms with Crippen molar-refractivity contribution in [3.8, 4) is 0 Å². The van der Waals surface area contributed by atoms with Crippen molar-refractivity contribution in [3.05, 3.63) is 47.6 Å². The van der Waals surface area contributed by atoms with Gasteiger partial charge in [0.1, 0.15) is 30.1 Å². The average molecular weight is 1030 g/mol. The van der Waals surface area contributed by atoms with Gasteiger partial charge in [0.25, 0.3) is 11.7 Å². The summed E-state index contributed by atoms with van der Waals surface area (Å²) in [6.45, 7) is 24.1. The maximum absolute atomic E-state index is 14.6. The Kier molecular flexibility index (Phi) is 23.1. The van der Waals surface area contributed by atoms with E-state index in [4.69, 9.17) is 28.1 Å². The van der Waals surface area contributed by atoms with Crippen molar-refractivity contribution in [2.45, 2.75) is 219 Å². The SMILES string of the molecule is CO[C@@H]1C[C@@H]2CC[C@@H](C)[C@@](O)(O2)C(=O)C(=O)N2CCCC[C@H]2C(=O)O[C@H]([C@H](C)C[C@@H]2CC[C@@H](O[Si](C)(C)C(C)(C)C)[C@H](OC)C2)CC(=O)[C@H](C)/C=C(\C)[C@@H](O)[C@@H](OC)C(=O)[C@H](C)C[C@H](C)\C=C/C=C/C=C/1C. The predicted molar refractivity (Wildman–Crippen MR) is 281 cm³/mol. The van der Waals surface area contributed by atoms with Crippen LogP contribution in [0.25, 0.3) is 0 Å². The van der Waals surface area contributed by atoms with Gasteiger partial charge in [-0.3, -0.25) is 19.2 Å². The second-order valence-corrected chi connectivity index (χ2v) is 28.2. The molecule has 408 valence electrons. The van der Waals surface area contributed by atoms with E-state index in [0.29, 0.717) is 50.5 Å². The van der Waals surface area contributed by atoms with E-state index in [-0.39, 0.29) is 66.0 Å². The highest BCUT2D eigenvalue weighted by Crippen LogP contribution is 2.42. The van der Waals surface area contributed by atoms with Gasteiger partial charge >= 0.3 is 5.97 Å². The number of rotatable bonds is 8. The topological polar surface area (TPSA) is 184 Å². The van der Waals surface area contributed by atoms with Crippen LogP contribution in [0.1, 0.15) is 146 Å². The molecule has 1 amide bonds. The average Bonchev–Trinajstić information content (AvgIpc) is 3.32. The molecule has 0 unspecified atom stereocenters. The Balaban J connectivity index is 1.70. The Labute approximate surface area is 433 Å². The standard InChI is InChI=1S/C57H93NO13Si/c1-35-21-17-16-18-22-36(2)47(66-11)33-43-26-24-41(7)57(65,70-43)53(62)54(63)58-28-20-19-23-44(58)55(64)69-48(34-45(59)37(3)30-40(6)51(61)52(68-13)50(60)39(5)29-35)38(4)31-42-25-27-46(49(32-42)67-12)71-72(14,15)56(8,9)10/h16-18,21-22,30,35,37-39,41-44,46-49,51-52,61,65H,19-20,23-29,31-34H2,1-15H3/b18-16+,21-17-,36-22+,40-30+/t35-,37-,38-,39-,41-,42+,43+,44+,46-,47-,48+,49-,51-,52+,57-/m1/s1. The van der Waals surface area contributed by atoms with E-state index in [9.17, 15) is 34.2 Å². The summed E-state index contributed by atoms with van der Waals surface area (Å²) in [6, 6.07) is -1.13. The number of nitrogens with zero attached hydrogens (tertiary/aromatic N) is 1. The first kappa shape index (κ1) is 61.4. The van der Waals surface area contributed by atoms with Crippen LogP contribution >= 0.6 is 0 Å². The molecule has 14 nitrogen and oxygen atoms in total. The van der Waals surface area contributed by atoms with Crippen LogP contribution in [-0.2, 0) is 52.1 Å². The Hall–Kier alpha value is -3.15. The molecule has 2 saturated heterocycles. The summed E-state index contributed by atoms with van der Waals surface area (Å²) in [4.78, 5) is 72.7. The van der Waals surface area contributed by atoms with Crippen LogP contribution in [0.2, 0.25) is 18.1 Å². The van der Waals surface area contributed by atoms with Gasteiger partial charge in [0.15, 0.2) is 14.1 Å². The van der Waals surface area contributed by atoms with Crippen LogP contribution in [-0.4, -0.2) is 135 Å². The summed E-state index contributed by atoms with van der Waals surface area (Å²) in [5.41, 5.74) is 1.29. The highest BCUT2D eigenvalue weighted by atomic mass is 28.4. The summed E-state index contributed by atoms with van der Waals surface area (Å²) >= 11 is 0. The summed E-state index contributed by atoms with van der Waals surface area (Å²) in [5.74, 6) is -7.77. The number of fused-ring (bicyclic) bond motifs is 3. The molecule has 0 aromatic rings. The normalized spacial score (nSPS) is 38.2.